The van der Waals surface area contributed by atoms with E-state index in [0.29, 0.717) is 12.8 Å². The van der Waals surface area contributed by atoms with Gasteiger partial charge in [0.15, 0.2) is 0 Å². The SMILES string of the molecule is C[C@H]1CCCC=C[C@H](O)[C@@H](O)[C@H](O)[C@H](O)C=CC(=O)O1. The number of cyclic esters (lactones) is 1. The van der Waals surface area contributed by atoms with E-state index in [1.54, 1.807) is 13.0 Å². The van der Waals surface area contributed by atoms with Crippen LogP contribution in [-0.2, 0) is 9.53 Å². The highest BCUT2D eigenvalue weighted by atomic mass is 16.5. The second kappa shape index (κ2) is 8.16. The normalized spacial score (nSPS) is 37.2. The molecule has 1 heterocycles. The van der Waals surface area contributed by atoms with Crippen molar-refractivity contribution in [3.63, 3.8) is 0 Å². The topological polar surface area (TPSA) is 107 Å². The predicted molar refractivity (Wildman–Crippen MR) is 71.7 cm³/mol. The summed E-state index contributed by atoms with van der Waals surface area (Å²) in [6.07, 6.45) is 1.06. The van der Waals surface area contributed by atoms with Gasteiger partial charge in [-0.05, 0) is 32.3 Å². The summed E-state index contributed by atoms with van der Waals surface area (Å²) in [6.45, 7) is 1.77. The third-order valence-corrected chi connectivity index (χ3v) is 3.11. The molecule has 0 saturated heterocycles. The van der Waals surface area contributed by atoms with Gasteiger partial charge in [0.25, 0.3) is 0 Å². The molecule has 0 radical (unpaired) electrons. The van der Waals surface area contributed by atoms with Gasteiger partial charge in [-0.3, -0.25) is 0 Å². The lowest BCUT2D eigenvalue weighted by molar-refractivity contribution is -0.142. The summed E-state index contributed by atoms with van der Waals surface area (Å²) in [5.41, 5.74) is 0. The molecule has 0 saturated carbocycles. The fourth-order valence-electron chi connectivity index (χ4n) is 1.86. The average molecular weight is 286 g/mol. The van der Waals surface area contributed by atoms with Crippen LogP contribution in [0.2, 0.25) is 0 Å². The van der Waals surface area contributed by atoms with Gasteiger partial charge in [0.05, 0.1) is 6.10 Å². The summed E-state index contributed by atoms with van der Waals surface area (Å²) in [5, 5.41) is 38.6. The molecule has 6 nitrogen and oxygen atoms in total. The van der Waals surface area contributed by atoms with E-state index >= 15 is 0 Å². The molecule has 0 fully saturated rings. The van der Waals surface area contributed by atoms with Gasteiger partial charge in [-0.2, -0.15) is 0 Å². The van der Waals surface area contributed by atoms with E-state index in [-0.39, 0.29) is 6.10 Å². The molecule has 5 atom stereocenters. The molecule has 0 bridgehead atoms. The summed E-state index contributed by atoms with van der Waals surface area (Å²) in [5.74, 6) is -0.619. The Balaban J connectivity index is 2.80. The molecule has 0 aromatic rings. The molecular weight excluding hydrogens is 264 g/mol. The standard InChI is InChI=1S/C14H22O6/c1-9-5-3-2-4-6-10(15)13(18)14(19)11(16)7-8-12(17)20-9/h4,6-11,13-16,18-19H,2-3,5H2,1H3/t9-,10-,11+,13+,14+/m0/s1. The van der Waals surface area contributed by atoms with Gasteiger partial charge in [0, 0.05) is 6.08 Å². The second-order valence-corrected chi connectivity index (χ2v) is 4.93. The van der Waals surface area contributed by atoms with Gasteiger partial charge >= 0.3 is 5.97 Å². The lowest BCUT2D eigenvalue weighted by Crippen LogP contribution is -2.43. The van der Waals surface area contributed by atoms with E-state index in [2.05, 4.69) is 0 Å². The maximum Gasteiger partial charge on any atom is 0.330 e. The summed E-state index contributed by atoms with van der Waals surface area (Å²) in [6, 6.07) is 0. The number of ether oxygens (including phenoxy) is 1. The number of hydrogen-bond acceptors (Lipinski definition) is 6. The molecule has 20 heavy (non-hydrogen) atoms. The predicted octanol–water partition coefficient (Wildman–Crippen LogP) is -0.342. The Morgan fingerprint density at radius 2 is 1.70 bits per heavy atom. The molecule has 0 unspecified atom stereocenters. The van der Waals surface area contributed by atoms with Crippen LogP contribution in [0, 0.1) is 0 Å². The highest BCUT2D eigenvalue weighted by Crippen LogP contribution is 2.11. The maximum atomic E-state index is 11.4. The van der Waals surface area contributed by atoms with Crippen LogP contribution in [0.4, 0.5) is 0 Å². The van der Waals surface area contributed by atoms with Gasteiger partial charge in [0.2, 0.25) is 0 Å². The molecule has 0 amide bonds. The first kappa shape index (κ1) is 16.8. The molecular formula is C14H22O6. The fourth-order valence-corrected chi connectivity index (χ4v) is 1.86. The minimum Gasteiger partial charge on any atom is -0.460 e. The third-order valence-electron chi connectivity index (χ3n) is 3.11. The van der Waals surface area contributed by atoms with Crippen molar-refractivity contribution in [2.24, 2.45) is 0 Å². The Bertz CT molecular complexity index is 365. The van der Waals surface area contributed by atoms with E-state index in [1.165, 1.54) is 6.08 Å². The van der Waals surface area contributed by atoms with Crippen molar-refractivity contribution in [3.05, 3.63) is 24.3 Å². The molecule has 0 aromatic carbocycles. The number of esters is 1. The van der Waals surface area contributed by atoms with Gasteiger partial charge < -0.3 is 25.2 Å². The van der Waals surface area contributed by atoms with E-state index in [9.17, 15) is 25.2 Å². The molecule has 1 aliphatic heterocycles. The van der Waals surface area contributed by atoms with Crippen molar-refractivity contribution in [3.8, 4) is 0 Å². The third kappa shape index (κ3) is 5.42. The van der Waals surface area contributed by atoms with E-state index in [1.807, 2.05) is 0 Å². The zero-order chi connectivity index (χ0) is 15.1. The number of aliphatic hydroxyl groups excluding tert-OH is 4. The Kier molecular flexibility index (Phi) is 6.87. The number of carbonyl (C=O) groups excluding carboxylic acids is 1. The van der Waals surface area contributed by atoms with Crippen LogP contribution in [0.25, 0.3) is 0 Å². The van der Waals surface area contributed by atoms with Crippen molar-refractivity contribution in [1.82, 2.24) is 0 Å². The Hall–Kier alpha value is -1.21. The van der Waals surface area contributed by atoms with Crippen molar-refractivity contribution >= 4 is 5.97 Å². The van der Waals surface area contributed by atoms with Crippen LogP contribution in [0.15, 0.2) is 24.3 Å². The Morgan fingerprint density at radius 3 is 2.35 bits per heavy atom. The van der Waals surface area contributed by atoms with Gasteiger partial charge in [0.1, 0.15) is 24.4 Å². The maximum absolute atomic E-state index is 11.4. The molecule has 0 spiro atoms. The van der Waals surface area contributed by atoms with Crippen LogP contribution in [0.3, 0.4) is 0 Å². The molecule has 4 N–H and O–H groups in total. The summed E-state index contributed by atoms with van der Waals surface area (Å²) in [7, 11) is 0. The lowest BCUT2D eigenvalue weighted by Gasteiger charge is -2.23. The summed E-state index contributed by atoms with van der Waals surface area (Å²) >= 11 is 0. The van der Waals surface area contributed by atoms with E-state index in [4.69, 9.17) is 4.74 Å². The number of allylic oxidation sites excluding steroid dienone is 1. The molecule has 1 aliphatic rings. The first-order chi connectivity index (χ1) is 9.41. The van der Waals surface area contributed by atoms with Gasteiger partial charge in [-0.25, -0.2) is 4.79 Å². The number of rotatable bonds is 0. The molecule has 0 aromatic heterocycles. The van der Waals surface area contributed by atoms with Crippen molar-refractivity contribution in [1.29, 1.82) is 0 Å². The highest BCUT2D eigenvalue weighted by molar-refractivity contribution is 5.82. The quantitative estimate of drug-likeness (QED) is 0.358. The summed E-state index contributed by atoms with van der Waals surface area (Å²) in [4.78, 5) is 11.4. The first-order valence-electron chi connectivity index (χ1n) is 6.69. The zero-order valence-electron chi connectivity index (χ0n) is 11.4. The fraction of sp³-hybridized carbons (Fsp3) is 0.643. The second-order valence-electron chi connectivity index (χ2n) is 4.93. The van der Waals surface area contributed by atoms with Crippen LogP contribution in [-0.4, -0.2) is 56.9 Å². The average Bonchev–Trinajstić information content (AvgIpc) is 2.41. The van der Waals surface area contributed by atoms with Crippen molar-refractivity contribution in [2.75, 3.05) is 0 Å². The smallest absolute Gasteiger partial charge is 0.330 e. The van der Waals surface area contributed by atoms with Gasteiger partial charge in [-0.15, -0.1) is 0 Å². The Morgan fingerprint density at radius 1 is 1.10 bits per heavy atom. The van der Waals surface area contributed by atoms with Crippen LogP contribution >= 0.6 is 0 Å². The van der Waals surface area contributed by atoms with Crippen molar-refractivity contribution in [2.45, 2.75) is 56.7 Å². The summed E-state index contributed by atoms with van der Waals surface area (Å²) < 4.78 is 5.07. The van der Waals surface area contributed by atoms with E-state index < -0.39 is 30.4 Å². The molecule has 1 rings (SSSR count). The van der Waals surface area contributed by atoms with Crippen LogP contribution in [0.5, 0.6) is 0 Å². The van der Waals surface area contributed by atoms with Crippen LogP contribution in [0.1, 0.15) is 26.2 Å². The van der Waals surface area contributed by atoms with Crippen LogP contribution < -0.4 is 0 Å². The lowest BCUT2D eigenvalue weighted by atomic mass is 10.0. The number of aliphatic hydroxyl groups is 4. The largest absolute Gasteiger partial charge is 0.460 e. The number of carbonyl (C=O) groups is 1. The molecule has 0 aliphatic carbocycles. The van der Waals surface area contributed by atoms with E-state index in [0.717, 1.165) is 18.6 Å². The Labute approximate surface area is 118 Å². The van der Waals surface area contributed by atoms with Crippen molar-refractivity contribution < 1.29 is 30.0 Å². The monoisotopic (exact) mass is 286 g/mol. The van der Waals surface area contributed by atoms with Gasteiger partial charge in [-0.1, -0.05) is 12.2 Å². The zero-order valence-corrected chi connectivity index (χ0v) is 11.4. The molecule has 6 heteroatoms. The minimum atomic E-state index is -1.60. The first-order valence-corrected chi connectivity index (χ1v) is 6.69. The minimum absolute atomic E-state index is 0.249. The highest BCUT2D eigenvalue weighted by Gasteiger charge is 2.27. The number of hydrogen-bond donors (Lipinski definition) is 4. The molecule has 114 valence electrons.